The minimum atomic E-state index is -0.401. The van der Waals surface area contributed by atoms with Gasteiger partial charge in [-0.15, -0.1) is 0 Å². The van der Waals surface area contributed by atoms with E-state index in [2.05, 4.69) is 16.4 Å². The molecule has 1 aromatic heterocycles. The summed E-state index contributed by atoms with van der Waals surface area (Å²) >= 11 is 0. The van der Waals surface area contributed by atoms with Crippen LogP contribution in [0.5, 0.6) is 5.75 Å². The molecule has 28 heavy (non-hydrogen) atoms. The highest BCUT2D eigenvalue weighted by Gasteiger charge is 2.24. The summed E-state index contributed by atoms with van der Waals surface area (Å²) in [7, 11) is 0. The summed E-state index contributed by atoms with van der Waals surface area (Å²) in [4.78, 5) is 16.2. The SMILES string of the molecule is CC(C)Oc1ccc(/C(=C\[C@H]2CCC(=O)N2)c2ccc(C3CC3)cn2)cc1F. The Hall–Kier alpha value is -2.69. The zero-order valence-electron chi connectivity index (χ0n) is 16.2. The fraction of sp³-hybridized carbons (Fsp3) is 0.391. The molecule has 1 saturated heterocycles. The van der Waals surface area contributed by atoms with Crippen LogP contribution in [0, 0.1) is 5.82 Å². The van der Waals surface area contributed by atoms with E-state index in [1.54, 1.807) is 6.07 Å². The number of nitrogens with zero attached hydrogens (tertiary/aromatic N) is 1. The Balaban J connectivity index is 1.69. The molecular formula is C23H25FN2O2. The molecular weight excluding hydrogens is 355 g/mol. The summed E-state index contributed by atoms with van der Waals surface area (Å²) in [6, 6.07) is 9.02. The second kappa shape index (κ2) is 7.74. The van der Waals surface area contributed by atoms with E-state index in [-0.39, 0.29) is 23.8 Å². The minimum absolute atomic E-state index is 0.0458. The van der Waals surface area contributed by atoms with Crippen LogP contribution in [0.2, 0.25) is 0 Å². The van der Waals surface area contributed by atoms with Gasteiger partial charge in [-0.25, -0.2) is 4.39 Å². The van der Waals surface area contributed by atoms with Crippen molar-refractivity contribution < 1.29 is 13.9 Å². The van der Waals surface area contributed by atoms with E-state index in [0.29, 0.717) is 12.3 Å². The number of carbonyl (C=O) groups excluding carboxylic acids is 1. The first kappa shape index (κ1) is 18.7. The van der Waals surface area contributed by atoms with Gasteiger partial charge in [-0.05, 0) is 68.4 Å². The molecule has 0 unspecified atom stereocenters. The number of carbonyl (C=O) groups is 1. The molecule has 1 saturated carbocycles. The quantitative estimate of drug-likeness (QED) is 0.797. The first-order valence-electron chi connectivity index (χ1n) is 9.93. The van der Waals surface area contributed by atoms with Crippen molar-refractivity contribution in [3.63, 3.8) is 0 Å². The lowest BCUT2D eigenvalue weighted by Gasteiger charge is -2.15. The molecule has 1 aliphatic carbocycles. The van der Waals surface area contributed by atoms with Crippen molar-refractivity contribution in [1.29, 1.82) is 0 Å². The van der Waals surface area contributed by atoms with E-state index in [9.17, 15) is 9.18 Å². The van der Waals surface area contributed by atoms with Crippen LogP contribution < -0.4 is 10.1 Å². The van der Waals surface area contributed by atoms with Crippen LogP contribution in [-0.2, 0) is 4.79 Å². The van der Waals surface area contributed by atoms with E-state index in [4.69, 9.17) is 4.74 Å². The van der Waals surface area contributed by atoms with E-state index < -0.39 is 5.82 Å². The van der Waals surface area contributed by atoms with Crippen LogP contribution in [0.4, 0.5) is 4.39 Å². The maximum absolute atomic E-state index is 14.6. The van der Waals surface area contributed by atoms with Gasteiger partial charge in [0.15, 0.2) is 11.6 Å². The van der Waals surface area contributed by atoms with Crippen molar-refractivity contribution >= 4 is 11.5 Å². The van der Waals surface area contributed by atoms with Gasteiger partial charge in [0.05, 0.1) is 11.8 Å². The summed E-state index contributed by atoms with van der Waals surface area (Å²) in [5, 5.41) is 2.95. The number of ether oxygens (including phenoxy) is 1. The Kier molecular flexibility index (Phi) is 5.16. The summed E-state index contributed by atoms with van der Waals surface area (Å²) in [6.07, 6.45) is 7.50. The minimum Gasteiger partial charge on any atom is -0.488 e. The average Bonchev–Trinajstić information content (AvgIpc) is 3.44. The largest absolute Gasteiger partial charge is 0.488 e. The normalized spacial score (nSPS) is 19.8. The lowest BCUT2D eigenvalue weighted by atomic mass is 9.98. The van der Waals surface area contributed by atoms with Crippen molar-refractivity contribution in [3.05, 3.63) is 65.2 Å². The van der Waals surface area contributed by atoms with E-state index in [1.165, 1.54) is 24.5 Å². The number of hydrogen-bond acceptors (Lipinski definition) is 3. The first-order valence-corrected chi connectivity index (χ1v) is 9.93. The van der Waals surface area contributed by atoms with E-state index >= 15 is 0 Å². The second-order valence-corrected chi connectivity index (χ2v) is 7.86. The van der Waals surface area contributed by atoms with Crippen molar-refractivity contribution in [3.8, 4) is 5.75 Å². The lowest BCUT2D eigenvalue weighted by molar-refractivity contribution is -0.119. The second-order valence-electron chi connectivity index (χ2n) is 7.86. The molecule has 4 nitrogen and oxygen atoms in total. The fourth-order valence-electron chi connectivity index (χ4n) is 3.53. The molecule has 0 bridgehead atoms. The molecule has 5 heteroatoms. The summed E-state index contributed by atoms with van der Waals surface area (Å²) in [5.74, 6) is 0.518. The molecule has 1 aromatic carbocycles. The lowest BCUT2D eigenvalue weighted by Crippen LogP contribution is -2.23. The third kappa shape index (κ3) is 4.24. The van der Waals surface area contributed by atoms with Gasteiger partial charge in [-0.2, -0.15) is 0 Å². The number of hydrogen-bond donors (Lipinski definition) is 1. The third-order valence-corrected chi connectivity index (χ3v) is 5.11. The predicted molar refractivity (Wildman–Crippen MR) is 107 cm³/mol. The molecule has 1 aliphatic heterocycles. The van der Waals surface area contributed by atoms with Gasteiger partial charge < -0.3 is 10.1 Å². The van der Waals surface area contributed by atoms with E-state index in [0.717, 1.165) is 23.3 Å². The van der Waals surface area contributed by atoms with Gasteiger partial charge in [-0.3, -0.25) is 9.78 Å². The molecule has 1 amide bonds. The molecule has 1 atom stereocenters. The van der Waals surface area contributed by atoms with Crippen molar-refractivity contribution in [2.24, 2.45) is 0 Å². The van der Waals surface area contributed by atoms with Crippen LogP contribution in [0.25, 0.3) is 5.57 Å². The highest BCUT2D eigenvalue weighted by atomic mass is 19.1. The van der Waals surface area contributed by atoms with E-state index in [1.807, 2.05) is 38.3 Å². The van der Waals surface area contributed by atoms with Crippen LogP contribution in [0.3, 0.4) is 0 Å². The van der Waals surface area contributed by atoms with Crippen molar-refractivity contribution in [1.82, 2.24) is 10.3 Å². The van der Waals surface area contributed by atoms with Gasteiger partial charge in [0, 0.05) is 24.2 Å². The van der Waals surface area contributed by atoms with Gasteiger partial charge >= 0.3 is 0 Å². The molecule has 0 spiro atoms. The molecule has 2 heterocycles. The summed E-state index contributed by atoms with van der Waals surface area (Å²) < 4.78 is 20.1. The summed E-state index contributed by atoms with van der Waals surface area (Å²) in [5.41, 5.74) is 3.58. The Labute approximate surface area is 164 Å². The average molecular weight is 380 g/mol. The Bertz CT molecular complexity index is 901. The topological polar surface area (TPSA) is 51.2 Å². The van der Waals surface area contributed by atoms with Crippen LogP contribution in [-0.4, -0.2) is 23.0 Å². The van der Waals surface area contributed by atoms with Gasteiger partial charge in [0.2, 0.25) is 5.91 Å². The smallest absolute Gasteiger partial charge is 0.220 e. The number of pyridine rings is 1. The molecule has 2 aliphatic rings. The Morgan fingerprint density at radius 1 is 1.25 bits per heavy atom. The van der Waals surface area contributed by atoms with Crippen molar-refractivity contribution in [2.45, 2.75) is 57.6 Å². The molecule has 1 N–H and O–H groups in total. The highest BCUT2D eigenvalue weighted by Crippen LogP contribution is 2.40. The van der Waals surface area contributed by atoms with Crippen LogP contribution >= 0.6 is 0 Å². The number of aromatic nitrogens is 1. The zero-order valence-corrected chi connectivity index (χ0v) is 16.2. The number of nitrogens with one attached hydrogen (secondary N) is 1. The highest BCUT2D eigenvalue weighted by molar-refractivity contribution is 5.82. The number of halogens is 1. The predicted octanol–water partition coefficient (Wildman–Crippen LogP) is 4.60. The molecule has 2 fully saturated rings. The molecule has 0 radical (unpaired) electrons. The molecule has 4 rings (SSSR count). The fourth-order valence-corrected chi connectivity index (χ4v) is 3.53. The zero-order chi connectivity index (χ0) is 19.7. The number of rotatable bonds is 6. The number of benzene rings is 1. The van der Waals surface area contributed by atoms with Gasteiger partial charge in [-0.1, -0.05) is 18.2 Å². The van der Waals surface area contributed by atoms with Crippen LogP contribution in [0.1, 0.15) is 62.3 Å². The summed E-state index contributed by atoms with van der Waals surface area (Å²) in [6.45, 7) is 3.74. The maximum atomic E-state index is 14.6. The van der Waals surface area contributed by atoms with Crippen molar-refractivity contribution in [2.75, 3.05) is 0 Å². The van der Waals surface area contributed by atoms with Gasteiger partial charge in [0.25, 0.3) is 0 Å². The third-order valence-electron chi connectivity index (χ3n) is 5.11. The standard InChI is InChI=1S/C23H25FN2O2/c1-14(2)28-22-9-6-16(11-20(22)24)19(12-18-7-10-23(27)26-18)21-8-5-17(13-25-21)15-3-4-15/h5-6,8-9,11-15,18H,3-4,7,10H2,1-2H3,(H,26,27)/b19-12+/t18-/m1/s1. The van der Waals surface area contributed by atoms with Crippen LogP contribution in [0.15, 0.2) is 42.6 Å². The molecule has 2 aromatic rings. The Morgan fingerprint density at radius 2 is 2.07 bits per heavy atom. The maximum Gasteiger partial charge on any atom is 0.220 e. The first-order chi connectivity index (χ1) is 13.5. The Morgan fingerprint density at radius 3 is 2.64 bits per heavy atom. The van der Waals surface area contributed by atoms with Gasteiger partial charge in [0.1, 0.15) is 0 Å². The monoisotopic (exact) mass is 380 g/mol. The molecule has 146 valence electrons. The number of amides is 1.